The highest BCUT2D eigenvalue weighted by Gasteiger charge is 2.21. The Hall–Kier alpha value is -3.23. The number of ether oxygens (including phenoxy) is 1. The van der Waals surface area contributed by atoms with E-state index in [1.807, 2.05) is 0 Å². The quantitative estimate of drug-likeness (QED) is 0.739. The number of aromatic hydroxyl groups is 1. The van der Waals surface area contributed by atoms with Crippen LogP contribution in [-0.4, -0.2) is 48.3 Å². The Labute approximate surface area is 161 Å². The number of rotatable bonds is 4. The van der Waals surface area contributed by atoms with E-state index >= 15 is 0 Å². The summed E-state index contributed by atoms with van der Waals surface area (Å²) in [5, 5.41) is 10.4. The summed E-state index contributed by atoms with van der Waals surface area (Å²) in [5.41, 5.74) is 0.391. The van der Waals surface area contributed by atoms with E-state index in [-0.39, 0.29) is 36.3 Å². The maximum absolute atomic E-state index is 13.9. The molecule has 1 amide bonds. The summed E-state index contributed by atoms with van der Waals surface area (Å²) < 4.78 is 20.8. The zero-order valence-electron chi connectivity index (χ0n) is 16.2. The van der Waals surface area contributed by atoms with E-state index in [1.54, 1.807) is 50.6 Å². The second-order valence-electron chi connectivity index (χ2n) is 7.44. The normalized spacial score (nSPS) is 11.6. The van der Waals surface area contributed by atoms with Crippen LogP contribution in [0.4, 0.5) is 9.18 Å². The number of aromatic nitrogens is 4. The molecule has 148 valence electrons. The average Bonchev–Trinajstić information content (AvgIpc) is 2.98. The first kappa shape index (κ1) is 19.5. The first-order chi connectivity index (χ1) is 13.1. The minimum atomic E-state index is -0.621. The number of carbonyl (C=O) groups excluding carboxylic acids is 1. The van der Waals surface area contributed by atoms with Gasteiger partial charge >= 0.3 is 6.09 Å². The molecule has 0 aliphatic rings. The lowest BCUT2D eigenvalue weighted by Crippen LogP contribution is -2.34. The highest BCUT2D eigenvalue weighted by atomic mass is 19.1. The van der Waals surface area contributed by atoms with Gasteiger partial charge in [0.05, 0.1) is 19.4 Å². The van der Waals surface area contributed by atoms with Gasteiger partial charge in [0.15, 0.2) is 17.0 Å². The summed E-state index contributed by atoms with van der Waals surface area (Å²) in [6.07, 6.45) is 0.938. The van der Waals surface area contributed by atoms with E-state index in [1.165, 1.54) is 17.3 Å². The molecule has 2 aromatic heterocycles. The Balaban J connectivity index is 1.83. The van der Waals surface area contributed by atoms with Crippen LogP contribution in [0.1, 0.15) is 32.2 Å². The summed E-state index contributed by atoms with van der Waals surface area (Å²) in [6, 6.07) is 6.37. The van der Waals surface area contributed by atoms with Crippen LogP contribution in [0.5, 0.6) is 5.88 Å². The van der Waals surface area contributed by atoms with Gasteiger partial charge in [-0.2, -0.15) is 4.98 Å². The molecular formula is C19H22FN5O3. The molecule has 0 radical (unpaired) electrons. The van der Waals surface area contributed by atoms with Crippen LogP contribution in [-0.2, 0) is 17.8 Å². The van der Waals surface area contributed by atoms with E-state index in [4.69, 9.17) is 4.74 Å². The summed E-state index contributed by atoms with van der Waals surface area (Å²) in [5.74, 6) is -0.415. The Morgan fingerprint density at radius 1 is 1.29 bits per heavy atom. The molecule has 0 spiro atoms. The molecule has 0 atom stereocenters. The first-order valence-corrected chi connectivity index (χ1v) is 8.72. The molecule has 0 aliphatic carbocycles. The number of hydrogen-bond donors (Lipinski definition) is 1. The Morgan fingerprint density at radius 3 is 2.68 bits per heavy atom. The molecule has 0 saturated carbocycles. The molecular weight excluding hydrogens is 365 g/mol. The van der Waals surface area contributed by atoms with Gasteiger partial charge in [-0.05, 0) is 26.8 Å². The molecule has 0 aliphatic heterocycles. The van der Waals surface area contributed by atoms with Crippen LogP contribution in [0, 0.1) is 5.82 Å². The van der Waals surface area contributed by atoms with Crippen LogP contribution in [0.3, 0.4) is 0 Å². The van der Waals surface area contributed by atoms with E-state index in [0.29, 0.717) is 11.1 Å². The van der Waals surface area contributed by atoms with Crippen molar-refractivity contribution in [1.29, 1.82) is 0 Å². The highest BCUT2D eigenvalue weighted by Crippen LogP contribution is 2.23. The van der Waals surface area contributed by atoms with E-state index < -0.39 is 11.7 Å². The highest BCUT2D eigenvalue weighted by molar-refractivity contribution is 5.76. The predicted molar refractivity (Wildman–Crippen MR) is 100 cm³/mol. The van der Waals surface area contributed by atoms with Gasteiger partial charge in [0.2, 0.25) is 5.88 Å². The van der Waals surface area contributed by atoms with Gasteiger partial charge in [-0.1, -0.05) is 18.2 Å². The molecule has 0 fully saturated rings. The second kappa shape index (κ2) is 7.41. The smallest absolute Gasteiger partial charge is 0.410 e. The lowest BCUT2D eigenvalue weighted by Gasteiger charge is -2.24. The molecule has 28 heavy (non-hydrogen) atoms. The van der Waals surface area contributed by atoms with Gasteiger partial charge in [-0.15, -0.1) is 0 Å². The molecule has 3 rings (SSSR count). The van der Waals surface area contributed by atoms with E-state index in [0.717, 1.165) is 0 Å². The summed E-state index contributed by atoms with van der Waals surface area (Å²) >= 11 is 0. The van der Waals surface area contributed by atoms with Gasteiger partial charge < -0.3 is 19.3 Å². The molecule has 0 saturated heterocycles. The van der Waals surface area contributed by atoms with Crippen molar-refractivity contribution >= 4 is 17.3 Å². The van der Waals surface area contributed by atoms with Crippen molar-refractivity contribution in [2.24, 2.45) is 0 Å². The van der Waals surface area contributed by atoms with Crippen molar-refractivity contribution < 1.29 is 19.0 Å². The van der Waals surface area contributed by atoms with Crippen LogP contribution >= 0.6 is 0 Å². The molecule has 9 heteroatoms. The fourth-order valence-electron chi connectivity index (χ4n) is 2.62. The third-order valence-corrected chi connectivity index (χ3v) is 3.88. The Bertz CT molecular complexity index is 1010. The summed E-state index contributed by atoms with van der Waals surface area (Å²) in [6.45, 7) is 5.54. The molecule has 8 nitrogen and oxygen atoms in total. The maximum Gasteiger partial charge on any atom is 0.410 e. The Morgan fingerprint density at radius 2 is 2.00 bits per heavy atom. The van der Waals surface area contributed by atoms with Gasteiger partial charge in [0.1, 0.15) is 11.4 Å². The second-order valence-corrected chi connectivity index (χ2v) is 7.44. The SMILES string of the molecule is CN(Cc1nc(O)c2c(ncn2Cc2ccccc2F)n1)C(=O)OC(C)(C)C. The molecule has 1 N–H and O–H groups in total. The minimum Gasteiger partial charge on any atom is -0.492 e. The van der Waals surface area contributed by atoms with Crippen LogP contribution in [0.2, 0.25) is 0 Å². The molecule has 3 aromatic rings. The Kier molecular flexibility index (Phi) is 5.17. The average molecular weight is 387 g/mol. The fourth-order valence-corrected chi connectivity index (χ4v) is 2.62. The van der Waals surface area contributed by atoms with Crippen LogP contribution in [0.15, 0.2) is 30.6 Å². The van der Waals surface area contributed by atoms with Crippen LogP contribution in [0.25, 0.3) is 11.2 Å². The molecule has 0 bridgehead atoms. The van der Waals surface area contributed by atoms with E-state index in [9.17, 15) is 14.3 Å². The lowest BCUT2D eigenvalue weighted by molar-refractivity contribution is 0.0280. The van der Waals surface area contributed by atoms with Crippen molar-refractivity contribution in [3.63, 3.8) is 0 Å². The van der Waals surface area contributed by atoms with Gasteiger partial charge in [-0.3, -0.25) is 0 Å². The lowest BCUT2D eigenvalue weighted by atomic mass is 10.2. The first-order valence-electron chi connectivity index (χ1n) is 8.72. The summed E-state index contributed by atoms with van der Waals surface area (Å²) in [4.78, 5) is 25.9. The van der Waals surface area contributed by atoms with Crippen molar-refractivity contribution in [1.82, 2.24) is 24.4 Å². The number of amides is 1. The third kappa shape index (κ3) is 4.36. The van der Waals surface area contributed by atoms with Gasteiger partial charge in [-0.25, -0.2) is 19.2 Å². The van der Waals surface area contributed by atoms with Crippen molar-refractivity contribution in [2.75, 3.05) is 7.05 Å². The zero-order valence-corrected chi connectivity index (χ0v) is 16.2. The van der Waals surface area contributed by atoms with Gasteiger partial charge in [0, 0.05) is 12.6 Å². The number of nitrogens with zero attached hydrogens (tertiary/aromatic N) is 5. The predicted octanol–water partition coefficient (Wildman–Crippen LogP) is 3.09. The van der Waals surface area contributed by atoms with Crippen molar-refractivity contribution in [3.8, 4) is 5.88 Å². The van der Waals surface area contributed by atoms with E-state index in [2.05, 4.69) is 15.0 Å². The maximum atomic E-state index is 13.9. The minimum absolute atomic E-state index is 0.0403. The number of fused-ring (bicyclic) bond motifs is 1. The number of imidazole rings is 1. The third-order valence-electron chi connectivity index (χ3n) is 3.88. The number of halogens is 1. The summed E-state index contributed by atoms with van der Waals surface area (Å²) in [7, 11) is 1.55. The fraction of sp³-hybridized carbons (Fsp3) is 0.368. The largest absolute Gasteiger partial charge is 0.492 e. The standard InChI is InChI=1S/C19H22FN5O3/c1-19(2,3)28-18(27)24(4)10-14-22-16-15(17(26)23-14)25(11-21-16)9-12-7-5-6-8-13(12)20/h5-8,11H,9-10H2,1-4H3,(H,22,23,26). The monoisotopic (exact) mass is 387 g/mol. The van der Waals surface area contributed by atoms with Crippen molar-refractivity contribution in [3.05, 3.63) is 47.8 Å². The molecule has 2 heterocycles. The zero-order chi connectivity index (χ0) is 20.5. The molecule has 0 unspecified atom stereocenters. The van der Waals surface area contributed by atoms with Crippen molar-refractivity contribution in [2.45, 2.75) is 39.5 Å². The number of carbonyl (C=O) groups is 1. The topological polar surface area (TPSA) is 93.4 Å². The molecule has 1 aromatic carbocycles. The number of hydrogen-bond acceptors (Lipinski definition) is 6. The number of benzene rings is 1. The van der Waals surface area contributed by atoms with Crippen LogP contribution < -0.4 is 0 Å². The van der Waals surface area contributed by atoms with Gasteiger partial charge in [0.25, 0.3) is 0 Å².